The number of hydrogen-bond donors (Lipinski definition) is 3. The number of aromatic nitrogens is 4. The van der Waals surface area contributed by atoms with Gasteiger partial charge in [-0.2, -0.15) is 10.4 Å². The first-order valence-corrected chi connectivity index (χ1v) is 9.10. The Hall–Kier alpha value is -2.79. The van der Waals surface area contributed by atoms with E-state index in [0.717, 1.165) is 37.1 Å². The molecule has 0 aromatic carbocycles. The van der Waals surface area contributed by atoms with Gasteiger partial charge in [-0.1, -0.05) is 0 Å². The molecule has 8 heteroatoms. The quantitative estimate of drug-likeness (QED) is 0.751. The summed E-state index contributed by atoms with van der Waals surface area (Å²) in [5.74, 6) is 1.64. The molecule has 0 spiro atoms. The first-order chi connectivity index (χ1) is 12.7. The average Bonchev–Trinajstić information content (AvgIpc) is 3.48. The summed E-state index contributed by atoms with van der Waals surface area (Å²) in [7, 11) is 0. The molecule has 2 aromatic heterocycles. The third-order valence-electron chi connectivity index (χ3n) is 4.88. The van der Waals surface area contributed by atoms with Crippen LogP contribution in [0.15, 0.2) is 18.5 Å². The maximum absolute atomic E-state index is 8.80. The monoisotopic (exact) mass is 350 g/mol. The van der Waals surface area contributed by atoms with Gasteiger partial charge in [0.05, 0.1) is 23.8 Å². The lowest BCUT2D eigenvalue weighted by atomic mass is 9.91. The van der Waals surface area contributed by atoms with Crippen molar-refractivity contribution >= 4 is 17.3 Å². The lowest BCUT2D eigenvalue weighted by Gasteiger charge is -2.28. The zero-order valence-electron chi connectivity index (χ0n) is 14.5. The van der Waals surface area contributed by atoms with Crippen LogP contribution < -0.4 is 16.4 Å². The molecule has 0 saturated heterocycles. The van der Waals surface area contributed by atoms with E-state index >= 15 is 0 Å². The summed E-state index contributed by atoms with van der Waals surface area (Å²) >= 11 is 0. The number of nitriles is 1. The molecule has 0 amide bonds. The van der Waals surface area contributed by atoms with E-state index in [4.69, 9.17) is 11.0 Å². The Bertz CT molecular complexity index is 809. The van der Waals surface area contributed by atoms with Crippen molar-refractivity contribution in [3.05, 3.63) is 29.8 Å². The zero-order chi connectivity index (χ0) is 17.9. The van der Waals surface area contributed by atoms with Gasteiger partial charge < -0.3 is 16.4 Å². The van der Waals surface area contributed by atoms with Crippen LogP contribution in [-0.2, 0) is 0 Å². The highest BCUT2D eigenvalue weighted by Gasteiger charge is 2.30. The lowest BCUT2D eigenvalue weighted by Crippen LogP contribution is -2.35. The molecule has 2 aliphatic rings. The minimum atomic E-state index is 0.270. The van der Waals surface area contributed by atoms with Crippen molar-refractivity contribution < 1.29 is 0 Å². The van der Waals surface area contributed by atoms with E-state index in [1.807, 2.05) is 12.1 Å². The van der Waals surface area contributed by atoms with Crippen LogP contribution in [0.5, 0.6) is 0 Å². The highest BCUT2D eigenvalue weighted by Crippen LogP contribution is 2.43. The lowest BCUT2D eigenvalue weighted by molar-refractivity contribution is 0.409. The molecule has 2 saturated carbocycles. The predicted molar refractivity (Wildman–Crippen MR) is 97.9 cm³/mol. The standard InChI is InChI=1S/C18H22N8/c19-8-14-9-22-17(10-21-14)24-16-7-15(18(26-25-16)11-4-5-11)23-13-3-1-2-12(20)6-13/h7,9-13H,1-6,20H2,(H2,22,23,24,25). The van der Waals surface area contributed by atoms with Crippen molar-refractivity contribution in [3.8, 4) is 6.07 Å². The van der Waals surface area contributed by atoms with Crippen LogP contribution in [0.3, 0.4) is 0 Å². The van der Waals surface area contributed by atoms with E-state index in [0.29, 0.717) is 23.6 Å². The first-order valence-electron chi connectivity index (χ1n) is 9.10. The summed E-state index contributed by atoms with van der Waals surface area (Å²) in [6, 6.07) is 4.59. The molecule has 26 heavy (non-hydrogen) atoms. The number of nitrogens with two attached hydrogens (primary N) is 1. The maximum Gasteiger partial charge on any atom is 0.158 e. The minimum absolute atomic E-state index is 0.270. The van der Waals surface area contributed by atoms with E-state index in [1.165, 1.54) is 25.2 Å². The van der Waals surface area contributed by atoms with Gasteiger partial charge in [-0.3, -0.25) is 0 Å². The third-order valence-corrected chi connectivity index (χ3v) is 4.88. The summed E-state index contributed by atoms with van der Waals surface area (Å²) in [4.78, 5) is 8.18. The molecule has 4 N–H and O–H groups in total. The van der Waals surface area contributed by atoms with Crippen LogP contribution >= 0.6 is 0 Å². The van der Waals surface area contributed by atoms with Crippen LogP contribution in [0.1, 0.15) is 55.8 Å². The van der Waals surface area contributed by atoms with Crippen molar-refractivity contribution in [2.24, 2.45) is 5.73 Å². The van der Waals surface area contributed by atoms with Gasteiger partial charge in [-0.15, -0.1) is 5.10 Å². The number of anilines is 3. The van der Waals surface area contributed by atoms with Crippen molar-refractivity contribution in [1.82, 2.24) is 20.2 Å². The second-order valence-corrected chi connectivity index (χ2v) is 7.09. The summed E-state index contributed by atoms with van der Waals surface area (Å²) in [6.45, 7) is 0. The van der Waals surface area contributed by atoms with E-state index in [-0.39, 0.29) is 11.7 Å². The van der Waals surface area contributed by atoms with Gasteiger partial charge >= 0.3 is 0 Å². The Labute approximate surface area is 152 Å². The van der Waals surface area contributed by atoms with Crippen molar-refractivity contribution in [2.75, 3.05) is 10.6 Å². The van der Waals surface area contributed by atoms with Crippen LogP contribution in [0.2, 0.25) is 0 Å². The topological polar surface area (TPSA) is 125 Å². The van der Waals surface area contributed by atoms with Gasteiger partial charge in [0, 0.05) is 24.1 Å². The Kier molecular flexibility index (Phi) is 4.63. The van der Waals surface area contributed by atoms with Crippen LogP contribution in [0.4, 0.5) is 17.3 Å². The van der Waals surface area contributed by atoms with Crippen molar-refractivity contribution in [2.45, 2.75) is 56.5 Å². The summed E-state index contributed by atoms with van der Waals surface area (Å²) < 4.78 is 0. The number of nitrogens with one attached hydrogen (secondary N) is 2. The normalized spacial score (nSPS) is 22.5. The molecule has 2 aliphatic carbocycles. The highest BCUT2D eigenvalue weighted by molar-refractivity contribution is 5.61. The van der Waals surface area contributed by atoms with Crippen molar-refractivity contribution in [3.63, 3.8) is 0 Å². The summed E-state index contributed by atoms with van der Waals surface area (Å²) in [5, 5.41) is 24.3. The minimum Gasteiger partial charge on any atom is -0.381 e. The number of hydrogen-bond acceptors (Lipinski definition) is 8. The molecule has 2 fully saturated rings. The molecule has 8 nitrogen and oxygen atoms in total. The Morgan fingerprint density at radius 2 is 1.96 bits per heavy atom. The van der Waals surface area contributed by atoms with Gasteiger partial charge in [-0.25, -0.2) is 9.97 Å². The smallest absolute Gasteiger partial charge is 0.158 e. The highest BCUT2D eigenvalue weighted by atomic mass is 15.2. The molecule has 4 rings (SSSR count). The predicted octanol–water partition coefficient (Wildman–Crippen LogP) is 2.44. The molecule has 0 bridgehead atoms. The SMILES string of the molecule is N#Cc1cnc(Nc2cc(NC3CCCC(N)C3)c(C3CC3)nn2)cn1. The van der Waals surface area contributed by atoms with Crippen LogP contribution in [-0.4, -0.2) is 32.2 Å². The molecule has 2 heterocycles. The van der Waals surface area contributed by atoms with Crippen LogP contribution in [0.25, 0.3) is 0 Å². The van der Waals surface area contributed by atoms with E-state index in [2.05, 4.69) is 30.8 Å². The number of nitrogens with zero attached hydrogens (tertiary/aromatic N) is 5. The fourth-order valence-electron chi connectivity index (χ4n) is 3.40. The van der Waals surface area contributed by atoms with Gasteiger partial charge in [0.25, 0.3) is 0 Å². The summed E-state index contributed by atoms with van der Waals surface area (Å²) in [5.41, 5.74) is 8.48. The van der Waals surface area contributed by atoms with E-state index in [9.17, 15) is 0 Å². The Balaban J connectivity index is 1.53. The first kappa shape index (κ1) is 16.7. The maximum atomic E-state index is 8.80. The Morgan fingerprint density at radius 3 is 2.65 bits per heavy atom. The second-order valence-electron chi connectivity index (χ2n) is 7.09. The molecular formula is C18H22N8. The van der Waals surface area contributed by atoms with E-state index in [1.54, 1.807) is 0 Å². The van der Waals surface area contributed by atoms with Gasteiger partial charge in [0.2, 0.25) is 0 Å². The molecule has 0 aliphatic heterocycles. The molecule has 134 valence electrons. The molecule has 2 aromatic rings. The Morgan fingerprint density at radius 1 is 1.08 bits per heavy atom. The fraction of sp³-hybridized carbons (Fsp3) is 0.500. The second kappa shape index (κ2) is 7.22. The fourth-order valence-corrected chi connectivity index (χ4v) is 3.40. The number of rotatable bonds is 5. The average molecular weight is 350 g/mol. The molecule has 2 unspecified atom stereocenters. The van der Waals surface area contributed by atoms with Gasteiger partial charge in [0.1, 0.15) is 11.9 Å². The summed E-state index contributed by atoms with van der Waals surface area (Å²) in [6.07, 6.45) is 9.65. The zero-order valence-corrected chi connectivity index (χ0v) is 14.5. The van der Waals surface area contributed by atoms with Crippen LogP contribution in [0, 0.1) is 11.3 Å². The largest absolute Gasteiger partial charge is 0.381 e. The third kappa shape index (κ3) is 3.89. The van der Waals surface area contributed by atoms with Crippen molar-refractivity contribution in [1.29, 1.82) is 5.26 Å². The van der Waals surface area contributed by atoms with Gasteiger partial charge in [0.15, 0.2) is 11.5 Å². The molecular weight excluding hydrogens is 328 g/mol. The molecule has 2 atom stereocenters. The van der Waals surface area contributed by atoms with Gasteiger partial charge in [-0.05, 0) is 38.5 Å². The van der Waals surface area contributed by atoms with E-state index < -0.39 is 0 Å². The molecule has 0 radical (unpaired) electrons.